The number of fused-ring (bicyclic) bond motifs is 2. The Morgan fingerprint density at radius 2 is 0.676 bits per heavy atom. The van der Waals surface area contributed by atoms with Gasteiger partial charge in [0.1, 0.15) is 0 Å². The average molecular weight is 1080 g/mol. The van der Waals surface area contributed by atoms with E-state index in [1.165, 1.54) is 68.3 Å². The van der Waals surface area contributed by atoms with E-state index in [-0.39, 0.29) is 95.1 Å². The summed E-state index contributed by atoms with van der Waals surface area (Å²) in [5.41, 5.74) is -11.0. The molecule has 74 heavy (non-hydrogen) atoms. The smallest absolute Gasteiger partial charge is 0.416 e. The largest absolute Gasteiger partial charge is 0.493 e. The number of ether oxygens (including phenoxy) is 6. The van der Waals surface area contributed by atoms with Gasteiger partial charge in [-0.25, -0.2) is 27.2 Å². The van der Waals surface area contributed by atoms with Crippen molar-refractivity contribution in [3.05, 3.63) is 105 Å². The number of carbonyl (C=O) groups is 2. The van der Waals surface area contributed by atoms with Gasteiger partial charge in [-0.3, -0.25) is 9.80 Å². The zero-order valence-corrected chi connectivity index (χ0v) is 40.1. The number of halogens is 16. The van der Waals surface area contributed by atoms with Crippen LogP contribution in [-0.4, -0.2) is 65.9 Å². The Bertz CT molecular complexity index is 2440. The Kier molecular flexibility index (Phi) is 16.9. The van der Waals surface area contributed by atoms with Gasteiger partial charge < -0.3 is 28.4 Å². The molecule has 26 heteroatoms. The second-order valence-corrected chi connectivity index (χ2v) is 16.8. The fourth-order valence-electron chi connectivity index (χ4n) is 8.69. The van der Waals surface area contributed by atoms with E-state index in [0.29, 0.717) is 0 Å². The molecule has 10 nitrogen and oxygen atoms in total. The Morgan fingerprint density at radius 3 is 0.905 bits per heavy atom. The molecule has 0 radical (unpaired) electrons. The molecule has 2 aliphatic rings. The first-order valence-corrected chi connectivity index (χ1v) is 21.9. The standard InChI is InChI=1S/2C24H23F8NO4/c2*1-5-37-21(34)33-12(2)6-17(16-10-19(35-3)20(36-4)11-18(16)33)22(25,26)13-7-14(23(27,28)29)9-15(8-13)24(30,31)32/h2*7-12,17H,5-6H2,1-4H3/t2*12-,17-/m10/s1. The Hall–Kier alpha value is -6.50. The van der Waals surface area contributed by atoms with E-state index in [2.05, 4.69) is 0 Å². The number of benzene rings is 4. The van der Waals surface area contributed by atoms with Crippen molar-refractivity contribution in [1.29, 1.82) is 0 Å². The highest BCUT2D eigenvalue weighted by Crippen LogP contribution is 2.56. The van der Waals surface area contributed by atoms with Crippen LogP contribution in [0.2, 0.25) is 0 Å². The molecule has 0 bridgehead atoms. The molecule has 0 unspecified atom stereocenters. The summed E-state index contributed by atoms with van der Waals surface area (Å²) in [5.74, 6) is -12.2. The van der Waals surface area contributed by atoms with Crippen LogP contribution in [0.5, 0.6) is 23.0 Å². The van der Waals surface area contributed by atoms with Gasteiger partial charge in [-0.1, -0.05) is 0 Å². The van der Waals surface area contributed by atoms with Gasteiger partial charge in [0.2, 0.25) is 0 Å². The van der Waals surface area contributed by atoms with Crippen molar-refractivity contribution < 1.29 is 108 Å². The van der Waals surface area contributed by atoms with Gasteiger partial charge in [-0.15, -0.1) is 0 Å². The molecule has 0 spiro atoms. The lowest BCUT2D eigenvalue weighted by Crippen LogP contribution is -2.46. The van der Waals surface area contributed by atoms with Gasteiger partial charge >= 0.3 is 36.9 Å². The Morgan fingerprint density at radius 1 is 0.432 bits per heavy atom. The number of alkyl halides is 16. The zero-order chi connectivity index (χ0) is 55.8. The monoisotopic (exact) mass is 1080 g/mol. The van der Waals surface area contributed by atoms with Crippen molar-refractivity contribution in [2.24, 2.45) is 0 Å². The average Bonchev–Trinajstić information content (AvgIpc) is 3.31. The van der Waals surface area contributed by atoms with Crippen LogP contribution in [0.15, 0.2) is 60.7 Å². The maximum atomic E-state index is 16.0. The van der Waals surface area contributed by atoms with Crippen molar-refractivity contribution in [3.8, 4) is 23.0 Å². The molecule has 6 rings (SSSR count). The molecule has 0 N–H and O–H groups in total. The van der Waals surface area contributed by atoms with Gasteiger partial charge in [0, 0.05) is 35.3 Å². The van der Waals surface area contributed by atoms with E-state index < -0.39 is 119 Å². The molecule has 4 aromatic carbocycles. The quantitative estimate of drug-likeness (QED) is 0.145. The van der Waals surface area contributed by atoms with E-state index in [4.69, 9.17) is 28.4 Å². The lowest BCUT2D eigenvalue weighted by Gasteiger charge is -2.41. The SMILES string of the molecule is CCOC(=O)N1c2cc(OC)c(OC)cc2[C@@H](C(F)(F)c2cc(C(F)(F)F)cc(C(F)(F)F)c2)C[C@@H]1C.CCOC(=O)N1c2cc(OC)c(OC)cc2[C@H](C(F)(F)c2cc(C(F)(F)F)cc(C(F)(F)F)c2)C[C@H]1C. The molecule has 2 amide bonds. The second kappa shape index (κ2) is 21.4. The fourth-order valence-corrected chi connectivity index (χ4v) is 8.69. The van der Waals surface area contributed by atoms with Crippen LogP contribution in [0.4, 0.5) is 91.2 Å². The van der Waals surface area contributed by atoms with Crippen LogP contribution in [0.1, 0.15) is 96.9 Å². The topological polar surface area (TPSA) is 96.0 Å². The van der Waals surface area contributed by atoms with Crippen LogP contribution in [0.3, 0.4) is 0 Å². The van der Waals surface area contributed by atoms with E-state index in [0.717, 1.165) is 21.9 Å². The third kappa shape index (κ3) is 11.9. The number of anilines is 2. The molecule has 0 saturated heterocycles. The molecule has 2 aliphatic heterocycles. The summed E-state index contributed by atoms with van der Waals surface area (Å²) in [7, 11) is 4.96. The predicted molar refractivity (Wildman–Crippen MR) is 232 cm³/mol. The molecule has 4 atom stereocenters. The zero-order valence-electron chi connectivity index (χ0n) is 40.1. The van der Waals surface area contributed by atoms with E-state index in [1.54, 1.807) is 0 Å². The van der Waals surface area contributed by atoms with Crippen molar-refractivity contribution in [1.82, 2.24) is 0 Å². The minimum Gasteiger partial charge on any atom is -0.493 e. The van der Waals surface area contributed by atoms with Gasteiger partial charge in [-0.05, 0) is 100 Å². The maximum Gasteiger partial charge on any atom is 0.416 e. The number of carbonyl (C=O) groups excluding carboxylic acids is 2. The maximum absolute atomic E-state index is 16.0. The molecular weight excluding hydrogens is 1040 g/mol. The van der Waals surface area contributed by atoms with E-state index in [1.807, 2.05) is 0 Å². The van der Waals surface area contributed by atoms with Crippen LogP contribution in [0, 0.1) is 0 Å². The Balaban J connectivity index is 0.000000274. The number of methoxy groups -OCH3 is 4. The van der Waals surface area contributed by atoms with E-state index in [9.17, 15) is 62.3 Å². The van der Waals surface area contributed by atoms with Gasteiger partial charge in [0.25, 0.3) is 11.8 Å². The predicted octanol–water partition coefficient (Wildman–Crippen LogP) is 14.7. The van der Waals surface area contributed by atoms with Gasteiger partial charge in [-0.2, -0.15) is 52.7 Å². The summed E-state index contributed by atoms with van der Waals surface area (Å²) < 4.78 is 255. The Labute approximate surface area is 412 Å². The van der Waals surface area contributed by atoms with Crippen LogP contribution in [0.25, 0.3) is 0 Å². The molecule has 0 fully saturated rings. The second-order valence-electron chi connectivity index (χ2n) is 16.8. The first kappa shape index (κ1) is 58.4. The number of hydrogen-bond acceptors (Lipinski definition) is 8. The summed E-state index contributed by atoms with van der Waals surface area (Å²) in [6.45, 7) is 5.82. The summed E-state index contributed by atoms with van der Waals surface area (Å²) in [6.07, 6.45) is -24.0. The minimum atomic E-state index is -5.30. The lowest BCUT2D eigenvalue weighted by molar-refractivity contribution is -0.145. The highest BCUT2D eigenvalue weighted by molar-refractivity contribution is 5.92. The van der Waals surface area contributed by atoms with Gasteiger partial charge in [0.05, 0.1) is 87.1 Å². The highest BCUT2D eigenvalue weighted by atomic mass is 19.4. The first-order valence-electron chi connectivity index (χ1n) is 21.9. The first-order chi connectivity index (χ1) is 34.1. The molecular formula is C48H46F16N2O8. The fraction of sp³-hybridized carbons (Fsp3) is 0.458. The lowest BCUT2D eigenvalue weighted by atomic mass is 9.78. The van der Waals surface area contributed by atoms with Crippen molar-refractivity contribution in [2.75, 3.05) is 51.5 Å². The molecule has 408 valence electrons. The van der Waals surface area contributed by atoms with Crippen LogP contribution >= 0.6 is 0 Å². The van der Waals surface area contributed by atoms with Crippen molar-refractivity contribution >= 4 is 23.6 Å². The van der Waals surface area contributed by atoms with Crippen LogP contribution < -0.4 is 28.7 Å². The van der Waals surface area contributed by atoms with Crippen molar-refractivity contribution in [3.63, 3.8) is 0 Å². The number of rotatable bonds is 10. The number of nitrogens with zero attached hydrogens (tertiary/aromatic N) is 2. The van der Waals surface area contributed by atoms with E-state index >= 15 is 17.6 Å². The summed E-state index contributed by atoms with van der Waals surface area (Å²) in [4.78, 5) is 27.5. The molecule has 0 aliphatic carbocycles. The molecule has 4 aromatic rings. The molecule has 0 aromatic heterocycles. The normalized spacial score (nSPS) is 18.3. The minimum absolute atomic E-state index is 0.0120. The van der Waals surface area contributed by atoms with Crippen molar-refractivity contribution in [2.45, 2.75) is 101 Å². The summed E-state index contributed by atoms with van der Waals surface area (Å²) >= 11 is 0. The highest BCUT2D eigenvalue weighted by Gasteiger charge is 2.53. The molecule has 0 saturated carbocycles. The molecule has 2 heterocycles. The third-order valence-electron chi connectivity index (χ3n) is 12.1. The van der Waals surface area contributed by atoms with Gasteiger partial charge in [0.15, 0.2) is 23.0 Å². The summed E-state index contributed by atoms with van der Waals surface area (Å²) in [6, 6.07) is 2.41. The number of hydrogen-bond donors (Lipinski definition) is 0. The third-order valence-corrected chi connectivity index (χ3v) is 12.1. The number of amides is 2. The summed E-state index contributed by atoms with van der Waals surface area (Å²) in [5, 5.41) is 0. The van der Waals surface area contributed by atoms with Crippen LogP contribution in [-0.2, 0) is 46.0 Å².